The summed E-state index contributed by atoms with van der Waals surface area (Å²) in [5.74, 6) is 0.432. The first-order valence-corrected chi connectivity index (χ1v) is 9.72. The molecule has 0 aliphatic carbocycles. The second-order valence-corrected chi connectivity index (χ2v) is 7.55. The fourth-order valence-corrected chi connectivity index (χ4v) is 4.20. The van der Waals surface area contributed by atoms with Gasteiger partial charge in [-0.2, -0.15) is 0 Å². The lowest BCUT2D eigenvalue weighted by Gasteiger charge is -2.35. The van der Waals surface area contributed by atoms with Crippen molar-refractivity contribution in [2.45, 2.75) is 58.4 Å². The van der Waals surface area contributed by atoms with E-state index in [1.165, 1.54) is 11.1 Å². The highest BCUT2D eigenvalue weighted by Gasteiger charge is 2.35. The van der Waals surface area contributed by atoms with E-state index in [9.17, 15) is 9.59 Å². The van der Waals surface area contributed by atoms with Crippen LogP contribution in [-0.2, 0) is 16.0 Å². The summed E-state index contributed by atoms with van der Waals surface area (Å²) in [4.78, 5) is 29.1. The molecule has 2 amide bonds. The predicted octanol–water partition coefficient (Wildman–Crippen LogP) is 3.18. The molecule has 2 atom stereocenters. The first kappa shape index (κ1) is 18.0. The lowest BCUT2D eigenvalue weighted by molar-refractivity contribution is -0.141. The molecule has 0 aromatic heterocycles. The molecule has 1 aromatic carbocycles. The number of aryl methyl sites for hydroxylation is 1. The quantitative estimate of drug-likeness (QED) is 0.843. The van der Waals surface area contributed by atoms with Crippen molar-refractivity contribution < 1.29 is 9.59 Å². The summed E-state index contributed by atoms with van der Waals surface area (Å²) in [6.07, 6.45) is 5.51. The maximum Gasteiger partial charge on any atom is 0.227 e. The van der Waals surface area contributed by atoms with Crippen LogP contribution in [0, 0.1) is 12.8 Å². The minimum atomic E-state index is -0.0112. The minimum absolute atomic E-state index is 0.0112. The predicted molar refractivity (Wildman–Crippen MR) is 99.2 cm³/mol. The fraction of sp³-hybridized carbons (Fsp3) is 0.619. The summed E-state index contributed by atoms with van der Waals surface area (Å²) in [6, 6.07) is 8.96. The molecule has 0 N–H and O–H groups in total. The maximum atomic E-state index is 13.1. The molecule has 4 heteroatoms. The van der Waals surface area contributed by atoms with E-state index in [4.69, 9.17) is 0 Å². The summed E-state index contributed by atoms with van der Waals surface area (Å²) in [6.45, 7) is 6.28. The highest BCUT2D eigenvalue weighted by Crippen LogP contribution is 2.27. The number of carbonyl (C=O) groups excluding carboxylic acids is 2. The van der Waals surface area contributed by atoms with Crippen LogP contribution in [0.1, 0.15) is 50.2 Å². The minimum Gasteiger partial charge on any atom is -0.342 e. The molecule has 0 radical (unpaired) electrons. The van der Waals surface area contributed by atoms with Crippen LogP contribution in [-0.4, -0.2) is 47.3 Å². The van der Waals surface area contributed by atoms with Crippen LogP contribution in [0.15, 0.2) is 24.3 Å². The Morgan fingerprint density at radius 3 is 2.52 bits per heavy atom. The Balaban J connectivity index is 1.64. The molecule has 0 bridgehead atoms. The number of amides is 2. The SMILES string of the molecule is CCC(=O)N1CCCC(C(=O)N2CCCC2Cc2ccc(C)cc2)C1. The van der Waals surface area contributed by atoms with E-state index >= 15 is 0 Å². The van der Waals surface area contributed by atoms with Crippen molar-refractivity contribution in [2.75, 3.05) is 19.6 Å². The second-order valence-electron chi connectivity index (χ2n) is 7.55. The molecule has 2 fully saturated rings. The van der Waals surface area contributed by atoms with Crippen molar-refractivity contribution >= 4 is 11.8 Å². The average molecular weight is 342 g/mol. The Morgan fingerprint density at radius 1 is 1.08 bits per heavy atom. The molecule has 136 valence electrons. The molecule has 4 nitrogen and oxygen atoms in total. The van der Waals surface area contributed by atoms with E-state index in [-0.39, 0.29) is 17.7 Å². The normalized spacial score (nSPS) is 23.8. The number of carbonyl (C=O) groups is 2. The summed E-state index contributed by atoms with van der Waals surface area (Å²) >= 11 is 0. The van der Waals surface area contributed by atoms with Crippen LogP contribution in [0.3, 0.4) is 0 Å². The molecule has 2 unspecified atom stereocenters. The van der Waals surface area contributed by atoms with Gasteiger partial charge in [0.2, 0.25) is 11.8 Å². The molecule has 3 rings (SSSR count). The lowest BCUT2D eigenvalue weighted by Crippen LogP contribution is -2.48. The van der Waals surface area contributed by atoms with E-state index in [1.54, 1.807) is 0 Å². The highest BCUT2D eigenvalue weighted by molar-refractivity contribution is 5.81. The van der Waals surface area contributed by atoms with Gasteiger partial charge in [-0.3, -0.25) is 9.59 Å². The van der Waals surface area contributed by atoms with Crippen LogP contribution < -0.4 is 0 Å². The van der Waals surface area contributed by atoms with Gasteiger partial charge in [-0.1, -0.05) is 36.8 Å². The number of piperidine rings is 1. The van der Waals surface area contributed by atoms with Crippen LogP contribution in [0.25, 0.3) is 0 Å². The Labute approximate surface area is 151 Å². The van der Waals surface area contributed by atoms with Crippen LogP contribution in [0.2, 0.25) is 0 Å². The molecule has 2 aliphatic rings. The van der Waals surface area contributed by atoms with Gasteiger partial charge in [0.25, 0.3) is 0 Å². The van der Waals surface area contributed by atoms with Crippen molar-refractivity contribution in [3.05, 3.63) is 35.4 Å². The average Bonchev–Trinajstić information content (AvgIpc) is 3.10. The number of benzene rings is 1. The Kier molecular flexibility index (Phi) is 5.77. The number of hydrogen-bond donors (Lipinski definition) is 0. The molecule has 0 saturated carbocycles. The van der Waals surface area contributed by atoms with Crippen LogP contribution >= 0.6 is 0 Å². The Morgan fingerprint density at radius 2 is 1.80 bits per heavy atom. The van der Waals surface area contributed by atoms with E-state index in [0.29, 0.717) is 19.0 Å². The topological polar surface area (TPSA) is 40.6 Å². The van der Waals surface area contributed by atoms with Crippen molar-refractivity contribution in [3.8, 4) is 0 Å². The van der Waals surface area contributed by atoms with Crippen LogP contribution in [0.5, 0.6) is 0 Å². The third-order valence-corrected chi connectivity index (χ3v) is 5.68. The molecule has 2 saturated heterocycles. The Hall–Kier alpha value is -1.84. The molecule has 2 heterocycles. The van der Waals surface area contributed by atoms with Gasteiger partial charge in [0.15, 0.2) is 0 Å². The third kappa shape index (κ3) is 4.23. The summed E-state index contributed by atoms with van der Waals surface area (Å²) < 4.78 is 0. The van der Waals surface area contributed by atoms with Gasteiger partial charge in [0.1, 0.15) is 0 Å². The van der Waals surface area contributed by atoms with E-state index in [0.717, 1.165) is 45.2 Å². The van der Waals surface area contributed by atoms with Gasteiger partial charge < -0.3 is 9.80 Å². The lowest BCUT2D eigenvalue weighted by atomic mass is 9.95. The van der Waals surface area contributed by atoms with Gasteiger partial charge in [-0.15, -0.1) is 0 Å². The van der Waals surface area contributed by atoms with Crippen molar-refractivity contribution in [3.63, 3.8) is 0 Å². The molecule has 0 spiro atoms. The van der Waals surface area contributed by atoms with Crippen molar-refractivity contribution in [1.82, 2.24) is 9.80 Å². The van der Waals surface area contributed by atoms with Crippen molar-refractivity contribution in [2.24, 2.45) is 5.92 Å². The number of hydrogen-bond acceptors (Lipinski definition) is 2. The maximum absolute atomic E-state index is 13.1. The van der Waals surface area contributed by atoms with Gasteiger partial charge in [-0.25, -0.2) is 0 Å². The highest BCUT2D eigenvalue weighted by atomic mass is 16.2. The molecule has 25 heavy (non-hydrogen) atoms. The van der Waals surface area contributed by atoms with E-state index in [2.05, 4.69) is 36.1 Å². The van der Waals surface area contributed by atoms with Gasteiger partial charge in [0.05, 0.1) is 5.92 Å². The van der Waals surface area contributed by atoms with Crippen molar-refractivity contribution in [1.29, 1.82) is 0 Å². The number of likely N-dealkylation sites (tertiary alicyclic amines) is 2. The second kappa shape index (κ2) is 8.03. The first-order chi connectivity index (χ1) is 12.1. The smallest absolute Gasteiger partial charge is 0.227 e. The zero-order chi connectivity index (χ0) is 17.8. The summed E-state index contributed by atoms with van der Waals surface area (Å²) in [5.41, 5.74) is 2.58. The largest absolute Gasteiger partial charge is 0.342 e. The number of nitrogens with zero attached hydrogens (tertiary/aromatic N) is 2. The molecular weight excluding hydrogens is 312 g/mol. The molecule has 1 aromatic rings. The van der Waals surface area contributed by atoms with Gasteiger partial charge in [0, 0.05) is 32.1 Å². The van der Waals surface area contributed by atoms with Gasteiger partial charge in [-0.05, 0) is 44.6 Å². The first-order valence-electron chi connectivity index (χ1n) is 9.72. The monoisotopic (exact) mass is 342 g/mol. The Bertz CT molecular complexity index is 611. The van der Waals surface area contributed by atoms with E-state index in [1.807, 2.05) is 11.8 Å². The van der Waals surface area contributed by atoms with E-state index < -0.39 is 0 Å². The standard InChI is InChI=1S/C21H30N2O2/c1-3-20(24)22-12-4-6-18(15-22)21(25)23-13-5-7-19(23)14-17-10-8-16(2)9-11-17/h8-11,18-19H,3-7,12-15H2,1-2H3. The summed E-state index contributed by atoms with van der Waals surface area (Å²) in [5, 5.41) is 0. The molecule has 2 aliphatic heterocycles. The zero-order valence-electron chi connectivity index (χ0n) is 15.5. The zero-order valence-corrected chi connectivity index (χ0v) is 15.5. The summed E-state index contributed by atoms with van der Waals surface area (Å²) in [7, 11) is 0. The van der Waals surface area contributed by atoms with Crippen LogP contribution in [0.4, 0.5) is 0 Å². The third-order valence-electron chi connectivity index (χ3n) is 5.68. The van der Waals surface area contributed by atoms with Gasteiger partial charge >= 0.3 is 0 Å². The fourth-order valence-electron chi connectivity index (χ4n) is 4.20. The molecular formula is C21H30N2O2. The number of rotatable bonds is 4.